The van der Waals surface area contributed by atoms with Crippen molar-refractivity contribution in [2.24, 2.45) is 13.0 Å². The predicted molar refractivity (Wildman–Crippen MR) is 111 cm³/mol. The van der Waals surface area contributed by atoms with Crippen molar-refractivity contribution in [3.05, 3.63) is 35.4 Å². The fourth-order valence-electron chi connectivity index (χ4n) is 4.24. The van der Waals surface area contributed by atoms with Gasteiger partial charge in [-0.25, -0.2) is 4.79 Å². The molecule has 12 heteroatoms. The molecule has 4 heterocycles. The molecule has 0 aromatic carbocycles. The molecule has 0 amide bonds. The number of nitrogens with zero attached hydrogens (tertiary/aromatic N) is 5. The summed E-state index contributed by atoms with van der Waals surface area (Å²) in [5.74, 6) is -2.10. The third kappa shape index (κ3) is 6.78. The van der Waals surface area contributed by atoms with E-state index in [9.17, 15) is 13.2 Å². The molecule has 1 N–H and O–H groups in total. The molecule has 2 aliphatic heterocycles. The second-order valence-corrected chi connectivity index (χ2v) is 8.31. The quantitative estimate of drug-likeness (QED) is 0.689. The number of hydrogen-bond donors (Lipinski definition) is 1. The molecule has 2 aromatic heterocycles. The minimum absolute atomic E-state index is 0.242. The normalized spacial score (nSPS) is 19.6. The number of methoxy groups -OCH3 is 1. The Balaban J connectivity index is 0.000000383. The number of carboxylic acids is 1. The summed E-state index contributed by atoms with van der Waals surface area (Å²) < 4.78 is 47.0. The fourth-order valence-corrected chi connectivity index (χ4v) is 4.24. The van der Waals surface area contributed by atoms with Crippen LogP contribution in [-0.2, 0) is 40.8 Å². The van der Waals surface area contributed by atoms with Gasteiger partial charge in [-0.3, -0.25) is 14.3 Å². The van der Waals surface area contributed by atoms with Gasteiger partial charge in [0.25, 0.3) is 0 Å². The van der Waals surface area contributed by atoms with Crippen LogP contribution in [0.15, 0.2) is 18.6 Å². The van der Waals surface area contributed by atoms with Gasteiger partial charge in [0.05, 0.1) is 30.7 Å². The van der Waals surface area contributed by atoms with Gasteiger partial charge >= 0.3 is 12.1 Å². The third-order valence-electron chi connectivity index (χ3n) is 5.87. The van der Waals surface area contributed by atoms with Crippen LogP contribution in [-0.4, -0.2) is 75.2 Å². The number of aliphatic carboxylic acids is 1. The van der Waals surface area contributed by atoms with Crippen molar-refractivity contribution < 1.29 is 32.5 Å². The summed E-state index contributed by atoms with van der Waals surface area (Å²) in [7, 11) is 3.75. The Labute approximate surface area is 190 Å². The van der Waals surface area contributed by atoms with E-state index in [0.717, 1.165) is 52.1 Å². The molecular weight excluding hydrogens is 443 g/mol. The van der Waals surface area contributed by atoms with Crippen molar-refractivity contribution in [1.82, 2.24) is 24.5 Å². The van der Waals surface area contributed by atoms with Crippen LogP contribution in [0.3, 0.4) is 0 Å². The first-order chi connectivity index (χ1) is 15.7. The van der Waals surface area contributed by atoms with Crippen LogP contribution >= 0.6 is 0 Å². The van der Waals surface area contributed by atoms with Gasteiger partial charge in [-0.2, -0.15) is 23.4 Å². The standard InChI is InChI=1S/C19H29N5O2.C2HF3O2/c1-22-11-16(9-20-22)12-23-6-3-17-10-21-24(19(17)18(23)14-25-2)13-15-4-7-26-8-5-15;3-2(4,5)1(6)7/h9-11,15,18H,3-8,12-14H2,1-2H3;(H,6,7). The zero-order valence-corrected chi connectivity index (χ0v) is 18.8. The number of carboxylic acid groups (broad SMARTS) is 1. The molecule has 33 heavy (non-hydrogen) atoms. The molecule has 184 valence electrons. The van der Waals surface area contributed by atoms with E-state index in [2.05, 4.69) is 27.1 Å². The SMILES string of the molecule is COCC1c2c(cnn2CC2CCOCC2)CCN1Cc1cnn(C)c1.O=C(O)C(F)(F)F. The summed E-state index contributed by atoms with van der Waals surface area (Å²) in [6.45, 7) is 5.35. The molecule has 0 bridgehead atoms. The summed E-state index contributed by atoms with van der Waals surface area (Å²) in [4.78, 5) is 11.4. The number of aromatic nitrogens is 4. The van der Waals surface area contributed by atoms with Crippen LogP contribution in [0.2, 0.25) is 0 Å². The lowest BCUT2D eigenvalue weighted by atomic mass is 9.97. The molecule has 1 fully saturated rings. The average Bonchev–Trinajstić information content (AvgIpc) is 3.36. The Morgan fingerprint density at radius 1 is 1.27 bits per heavy atom. The maximum Gasteiger partial charge on any atom is 0.490 e. The molecule has 0 saturated carbocycles. The second-order valence-electron chi connectivity index (χ2n) is 8.31. The van der Waals surface area contributed by atoms with E-state index in [1.807, 2.05) is 17.9 Å². The van der Waals surface area contributed by atoms with E-state index in [1.54, 1.807) is 7.11 Å². The van der Waals surface area contributed by atoms with Crippen molar-refractivity contribution in [3.63, 3.8) is 0 Å². The van der Waals surface area contributed by atoms with E-state index < -0.39 is 12.1 Å². The van der Waals surface area contributed by atoms with E-state index in [0.29, 0.717) is 12.5 Å². The van der Waals surface area contributed by atoms with Crippen molar-refractivity contribution >= 4 is 5.97 Å². The van der Waals surface area contributed by atoms with Crippen molar-refractivity contribution in [1.29, 1.82) is 0 Å². The molecule has 2 aliphatic rings. The molecule has 2 aromatic rings. The first-order valence-electron chi connectivity index (χ1n) is 10.8. The highest BCUT2D eigenvalue weighted by Crippen LogP contribution is 2.32. The topological polar surface area (TPSA) is 94.6 Å². The van der Waals surface area contributed by atoms with Crippen molar-refractivity contribution in [3.8, 4) is 0 Å². The first-order valence-corrected chi connectivity index (χ1v) is 10.8. The van der Waals surface area contributed by atoms with Gasteiger partial charge in [0.1, 0.15) is 0 Å². The summed E-state index contributed by atoms with van der Waals surface area (Å²) in [5, 5.41) is 16.2. The number of ether oxygens (including phenoxy) is 2. The van der Waals surface area contributed by atoms with Gasteiger partial charge in [0.2, 0.25) is 0 Å². The van der Waals surface area contributed by atoms with Gasteiger partial charge in [0.15, 0.2) is 0 Å². The van der Waals surface area contributed by atoms with Crippen LogP contribution in [0, 0.1) is 5.92 Å². The number of carbonyl (C=O) groups is 1. The Kier molecular flexibility index (Phi) is 8.49. The van der Waals surface area contributed by atoms with E-state index >= 15 is 0 Å². The van der Waals surface area contributed by atoms with Crippen molar-refractivity contribution in [2.45, 2.75) is 44.6 Å². The number of aryl methyl sites for hydroxylation is 1. The lowest BCUT2D eigenvalue weighted by Gasteiger charge is -2.36. The van der Waals surface area contributed by atoms with E-state index in [1.165, 1.54) is 16.8 Å². The summed E-state index contributed by atoms with van der Waals surface area (Å²) >= 11 is 0. The molecule has 0 radical (unpaired) electrons. The van der Waals surface area contributed by atoms with Crippen LogP contribution < -0.4 is 0 Å². The summed E-state index contributed by atoms with van der Waals surface area (Å²) in [6, 6.07) is 0.242. The van der Waals surface area contributed by atoms with Gasteiger partial charge in [-0.1, -0.05) is 0 Å². The van der Waals surface area contributed by atoms with Crippen LogP contribution in [0.4, 0.5) is 13.2 Å². The Bertz CT molecular complexity index is 908. The molecule has 1 unspecified atom stereocenters. The molecule has 0 aliphatic carbocycles. The highest BCUT2D eigenvalue weighted by molar-refractivity contribution is 5.73. The molecular formula is C21H30F3N5O4. The Hall–Kier alpha value is -2.44. The zero-order chi connectivity index (χ0) is 24.0. The maximum absolute atomic E-state index is 10.6. The largest absolute Gasteiger partial charge is 0.490 e. The maximum atomic E-state index is 10.6. The second kappa shape index (κ2) is 11.1. The van der Waals surface area contributed by atoms with E-state index in [-0.39, 0.29) is 6.04 Å². The number of fused-ring (bicyclic) bond motifs is 1. The van der Waals surface area contributed by atoms with Crippen LogP contribution in [0.1, 0.15) is 35.7 Å². The van der Waals surface area contributed by atoms with Gasteiger partial charge in [-0.15, -0.1) is 0 Å². The highest BCUT2D eigenvalue weighted by atomic mass is 19.4. The average molecular weight is 473 g/mol. The highest BCUT2D eigenvalue weighted by Gasteiger charge is 2.38. The van der Waals surface area contributed by atoms with Crippen molar-refractivity contribution in [2.75, 3.05) is 33.5 Å². The lowest BCUT2D eigenvalue weighted by Crippen LogP contribution is -2.38. The number of alkyl halides is 3. The van der Waals surface area contributed by atoms with Gasteiger partial charge in [-0.05, 0) is 30.7 Å². The van der Waals surface area contributed by atoms with Crippen LogP contribution in [0.5, 0.6) is 0 Å². The zero-order valence-electron chi connectivity index (χ0n) is 18.8. The van der Waals surface area contributed by atoms with Gasteiger partial charge < -0.3 is 14.6 Å². The Morgan fingerprint density at radius 2 is 1.97 bits per heavy atom. The minimum Gasteiger partial charge on any atom is -0.475 e. The molecule has 4 rings (SSSR count). The monoisotopic (exact) mass is 473 g/mol. The first kappa shape index (κ1) is 25.2. The third-order valence-corrected chi connectivity index (χ3v) is 5.87. The van der Waals surface area contributed by atoms with E-state index in [4.69, 9.17) is 24.5 Å². The molecule has 1 saturated heterocycles. The lowest BCUT2D eigenvalue weighted by molar-refractivity contribution is -0.192. The number of rotatable bonds is 6. The number of halogens is 3. The Morgan fingerprint density at radius 3 is 2.55 bits per heavy atom. The minimum atomic E-state index is -5.08. The molecule has 1 atom stereocenters. The predicted octanol–water partition coefficient (Wildman–Crippen LogP) is 2.42. The summed E-state index contributed by atoms with van der Waals surface area (Å²) in [5.41, 5.74) is 3.96. The smallest absolute Gasteiger partial charge is 0.475 e. The molecule has 9 nitrogen and oxygen atoms in total. The fraction of sp³-hybridized carbons (Fsp3) is 0.667. The summed E-state index contributed by atoms with van der Waals surface area (Å²) in [6.07, 6.45) is 4.34. The van der Waals surface area contributed by atoms with Gasteiger partial charge in [0, 0.05) is 58.8 Å². The van der Waals surface area contributed by atoms with Crippen LogP contribution in [0.25, 0.3) is 0 Å². The number of hydrogen-bond acceptors (Lipinski definition) is 6. The molecule has 0 spiro atoms.